The van der Waals surface area contributed by atoms with E-state index in [1.807, 2.05) is 17.6 Å². The Bertz CT molecular complexity index is 1150. The fourth-order valence-corrected chi connectivity index (χ4v) is 4.61. The van der Waals surface area contributed by atoms with Crippen LogP contribution < -0.4 is 10.5 Å². The van der Waals surface area contributed by atoms with E-state index in [2.05, 4.69) is 69.0 Å². The summed E-state index contributed by atoms with van der Waals surface area (Å²) in [4.78, 5) is 19.9. The minimum atomic E-state index is -0.0296. The number of fused-ring (bicyclic) bond motifs is 3. The number of hydrogen-bond donors (Lipinski definition) is 0. The standard InChI is InChI=1S/C25H29N3O/c1-6-27-21-13-14-22-24(19(21)12-15-23(27)29)20(16-25(4,5)28(22)7-2)26-18-10-8-17(3)9-11-18/h8-15H,6-7,16H2,1-5H3. The average Bonchev–Trinajstić information content (AvgIpc) is 2.68. The third-order valence-electron chi connectivity index (χ3n) is 5.99. The Hall–Kier alpha value is -2.88. The lowest BCUT2D eigenvalue weighted by atomic mass is 9.83. The molecule has 0 amide bonds. The third kappa shape index (κ3) is 3.27. The maximum absolute atomic E-state index is 12.4. The van der Waals surface area contributed by atoms with Gasteiger partial charge in [0.15, 0.2) is 0 Å². The second-order valence-electron chi connectivity index (χ2n) is 8.44. The van der Waals surface area contributed by atoms with Crippen LogP contribution in [-0.4, -0.2) is 22.4 Å². The minimum Gasteiger partial charge on any atom is -0.366 e. The zero-order chi connectivity index (χ0) is 20.8. The van der Waals surface area contributed by atoms with Gasteiger partial charge in [-0.05, 0) is 65.0 Å². The van der Waals surface area contributed by atoms with E-state index >= 15 is 0 Å². The molecule has 0 spiro atoms. The number of aliphatic imine (C=N–C) groups is 1. The fourth-order valence-electron chi connectivity index (χ4n) is 4.61. The molecule has 4 heteroatoms. The van der Waals surface area contributed by atoms with Crippen LogP contribution in [-0.2, 0) is 6.54 Å². The van der Waals surface area contributed by atoms with Crippen molar-refractivity contribution >= 4 is 28.0 Å². The predicted molar refractivity (Wildman–Crippen MR) is 123 cm³/mol. The highest BCUT2D eigenvalue weighted by Gasteiger charge is 2.36. The molecule has 150 valence electrons. The van der Waals surface area contributed by atoms with Crippen molar-refractivity contribution in [3.63, 3.8) is 0 Å². The number of anilines is 1. The van der Waals surface area contributed by atoms with E-state index in [4.69, 9.17) is 4.99 Å². The molecule has 0 unspecified atom stereocenters. The third-order valence-corrected chi connectivity index (χ3v) is 5.99. The maximum atomic E-state index is 12.4. The van der Waals surface area contributed by atoms with Crippen molar-refractivity contribution in [1.82, 2.24) is 4.57 Å². The molecule has 29 heavy (non-hydrogen) atoms. The number of hydrogen-bond acceptors (Lipinski definition) is 3. The first kappa shape index (κ1) is 19.4. The molecule has 1 aliphatic rings. The van der Waals surface area contributed by atoms with Crippen molar-refractivity contribution in [3.8, 4) is 0 Å². The molecule has 2 heterocycles. The van der Waals surface area contributed by atoms with Crippen molar-refractivity contribution in [1.29, 1.82) is 0 Å². The molecule has 3 aromatic rings. The first-order valence-corrected chi connectivity index (χ1v) is 10.4. The Morgan fingerprint density at radius 2 is 1.69 bits per heavy atom. The van der Waals surface area contributed by atoms with Crippen LogP contribution in [0.4, 0.5) is 11.4 Å². The largest absolute Gasteiger partial charge is 0.366 e. The normalized spacial score (nSPS) is 17.0. The van der Waals surface area contributed by atoms with Gasteiger partial charge in [0.1, 0.15) is 0 Å². The molecule has 4 rings (SSSR count). The molecule has 0 N–H and O–H groups in total. The molecule has 1 aliphatic heterocycles. The Morgan fingerprint density at radius 1 is 0.966 bits per heavy atom. The predicted octanol–water partition coefficient (Wildman–Crippen LogP) is 5.46. The van der Waals surface area contributed by atoms with Crippen molar-refractivity contribution < 1.29 is 0 Å². The summed E-state index contributed by atoms with van der Waals surface area (Å²) in [7, 11) is 0. The van der Waals surface area contributed by atoms with E-state index in [9.17, 15) is 4.79 Å². The molecule has 0 aliphatic carbocycles. The topological polar surface area (TPSA) is 37.6 Å². The van der Waals surface area contributed by atoms with Gasteiger partial charge < -0.3 is 9.47 Å². The summed E-state index contributed by atoms with van der Waals surface area (Å²) in [5.74, 6) is 0. The molecule has 0 radical (unpaired) electrons. The minimum absolute atomic E-state index is 0.0296. The number of aryl methyl sites for hydroxylation is 2. The first-order chi connectivity index (χ1) is 13.9. The van der Waals surface area contributed by atoms with Crippen LogP contribution in [0.15, 0.2) is 58.3 Å². The molecule has 0 atom stereocenters. The first-order valence-electron chi connectivity index (χ1n) is 10.4. The van der Waals surface area contributed by atoms with Gasteiger partial charge in [-0.2, -0.15) is 0 Å². The molecule has 0 bridgehead atoms. The van der Waals surface area contributed by atoms with Crippen LogP contribution in [0.5, 0.6) is 0 Å². The van der Waals surface area contributed by atoms with Gasteiger partial charge in [-0.15, -0.1) is 0 Å². The molecular formula is C25H29N3O. The summed E-state index contributed by atoms with van der Waals surface area (Å²) in [5, 5.41) is 1.10. The van der Waals surface area contributed by atoms with Gasteiger partial charge in [0, 0.05) is 47.8 Å². The fraction of sp³-hybridized carbons (Fsp3) is 0.360. The van der Waals surface area contributed by atoms with E-state index in [0.717, 1.165) is 40.8 Å². The highest BCUT2D eigenvalue weighted by molar-refractivity contribution is 6.17. The van der Waals surface area contributed by atoms with Crippen molar-refractivity contribution in [2.75, 3.05) is 11.4 Å². The Kier molecular flexibility index (Phi) is 4.81. The lowest BCUT2D eigenvalue weighted by molar-refractivity contribution is 0.476. The molecular weight excluding hydrogens is 358 g/mol. The Morgan fingerprint density at radius 3 is 2.34 bits per heavy atom. The average molecular weight is 388 g/mol. The molecule has 0 saturated heterocycles. The highest BCUT2D eigenvalue weighted by Crippen LogP contribution is 2.41. The smallest absolute Gasteiger partial charge is 0.251 e. The van der Waals surface area contributed by atoms with Gasteiger partial charge >= 0.3 is 0 Å². The maximum Gasteiger partial charge on any atom is 0.251 e. The van der Waals surface area contributed by atoms with Crippen LogP contribution in [0.1, 0.15) is 45.2 Å². The second kappa shape index (κ2) is 7.18. The zero-order valence-electron chi connectivity index (χ0n) is 18.0. The van der Waals surface area contributed by atoms with Crippen LogP contribution in [0.3, 0.4) is 0 Å². The van der Waals surface area contributed by atoms with E-state index in [1.54, 1.807) is 6.07 Å². The van der Waals surface area contributed by atoms with E-state index in [0.29, 0.717) is 6.54 Å². The number of rotatable bonds is 3. The summed E-state index contributed by atoms with van der Waals surface area (Å²) in [6.07, 6.45) is 0.853. The molecule has 2 aromatic carbocycles. The summed E-state index contributed by atoms with van der Waals surface area (Å²) >= 11 is 0. The Balaban J connectivity index is 2.04. The monoisotopic (exact) mass is 387 g/mol. The summed E-state index contributed by atoms with van der Waals surface area (Å²) in [5.41, 5.74) is 6.64. The number of aromatic nitrogens is 1. The van der Waals surface area contributed by atoms with Crippen LogP contribution in [0, 0.1) is 6.92 Å². The van der Waals surface area contributed by atoms with Gasteiger partial charge in [-0.1, -0.05) is 17.7 Å². The lowest BCUT2D eigenvalue weighted by Gasteiger charge is -2.45. The quantitative estimate of drug-likeness (QED) is 0.598. The number of nitrogens with zero attached hydrogens (tertiary/aromatic N) is 3. The van der Waals surface area contributed by atoms with E-state index < -0.39 is 0 Å². The van der Waals surface area contributed by atoms with E-state index in [-0.39, 0.29) is 11.1 Å². The molecule has 0 fully saturated rings. The molecule has 4 nitrogen and oxygen atoms in total. The summed E-state index contributed by atoms with van der Waals surface area (Å²) in [6.45, 7) is 12.4. The van der Waals surface area contributed by atoms with Crippen LogP contribution in [0.2, 0.25) is 0 Å². The zero-order valence-corrected chi connectivity index (χ0v) is 18.0. The second-order valence-corrected chi connectivity index (χ2v) is 8.44. The number of pyridine rings is 1. The van der Waals surface area contributed by atoms with Crippen molar-refractivity contribution in [2.24, 2.45) is 4.99 Å². The lowest BCUT2D eigenvalue weighted by Crippen LogP contribution is -2.49. The van der Waals surface area contributed by atoms with Crippen LogP contribution in [0.25, 0.3) is 10.9 Å². The van der Waals surface area contributed by atoms with Gasteiger partial charge in [0.25, 0.3) is 5.56 Å². The van der Waals surface area contributed by atoms with Crippen molar-refractivity contribution in [2.45, 2.75) is 53.1 Å². The Labute approximate surface area is 172 Å². The summed E-state index contributed by atoms with van der Waals surface area (Å²) < 4.78 is 1.84. The van der Waals surface area contributed by atoms with E-state index in [1.165, 1.54) is 11.3 Å². The van der Waals surface area contributed by atoms with Gasteiger partial charge in [0.05, 0.1) is 16.9 Å². The number of benzene rings is 2. The van der Waals surface area contributed by atoms with Gasteiger partial charge in [-0.3, -0.25) is 9.79 Å². The summed E-state index contributed by atoms with van der Waals surface area (Å²) in [6, 6.07) is 16.3. The highest BCUT2D eigenvalue weighted by atomic mass is 16.1. The van der Waals surface area contributed by atoms with Crippen LogP contribution >= 0.6 is 0 Å². The van der Waals surface area contributed by atoms with Gasteiger partial charge in [-0.25, -0.2) is 0 Å². The SMILES string of the molecule is CCN1c2ccc3c(ccc(=O)n3CC)c2C(=Nc2ccc(C)cc2)CC1(C)C. The molecule has 0 saturated carbocycles. The van der Waals surface area contributed by atoms with Crippen molar-refractivity contribution in [3.05, 3.63) is 70.0 Å². The van der Waals surface area contributed by atoms with Gasteiger partial charge in [0.2, 0.25) is 0 Å². The molecule has 1 aromatic heterocycles.